The highest BCUT2D eigenvalue weighted by atomic mass is 32.2. The van der Waals surface area contributed by atoms with Crippen LogP contribution in [0, 0.1) is 13.8 Å². The molecule has 21 heavy (non-hydrogen) atoms. The summed E-state index contributed by atoms with van der Waals surface area (Å²) in [6.07, 6.45) is 0. The Morgan fingerprint density at radius 1 is 0.667 bits per heavy atom. The highest BCUT2D eigenvalue weighted by Gasteiger charge is 2.07. The standard InChI is InChI=1S/C20H18S/c1-15-8-11-18(12-9-15)21-20-13-10-16(2)14-19(20)17-6-4-3-5-7-17/h3-14H,1-2H3. The van der Waals surface area contributed by atoms with Crippen molar-refractivity contribution in [3.63, 3.8) is 0 Å². The molecule has 0 aliphatic rings. The van der Waals surface area contributed by atoms with Crippen LogP contribution in [0.3, 0.4) is 0 Å². The third-order valence-corrected chi connectivity index (χ3v) is 4.55. The van der Waals surface area contributed by atoms with E-state index in [4.69, 9.17) is 0 Å². The third kappa shape index (κ3) is 3.37. The van der Waals surface area contributed by atoms with Crippen LogP contribution in [0.5, 0.6) is 0 Å². The van der Waals surface area contributed by atoms with E-state index in [-0.39, 0.29) is 0 Å². The van der Waals surface area contributed by atoms with E-state index in [9.17, 15) is 0 Å². The average molecular weight is 290 g/mol. The second-order valence-electron chi connectivity index (χ2n) is 5.28. The normalized spacial score (nSPS) is 10.6. The van der Waals surface area contributed by atoms with Crippen LogP contribution < -0.4 is 0 Å². The van der Waals surface area contributed by atoms with Crippen LogP contribution in [0.1, 0.15) is 11.1 Å². The van der Waals surface area contributed by atoms with Crippen molar-refractivity contribution in [1.82, 2.24) is 0 Å². The molecule has 0 atom stereocenters. The Kier molecular flexibility index (Phi) is 4.12. The van der Waals surface area contributed by atoms with E-state index in [0.29, 0.717) is 0 Å². The van der Waals surface area contributed by atoms with E-state index in [0.717, 1.165) is 0 Å². The molecule has 3 aromatic carbocycles. The van der Waals surface area contributed by atoms with Crippen molar-refractivity contribution in [3.8, 4) is 11.1 Å². The van der Waals surface area contributed by atoms with Crippen molar-refractivity contribution in [2.75, 3.05) is 0 Å². The minimum atomic E-state index is 1.27. The first-order valence-corrected chi connectivity index (χ1v) is 7.94. The fourth-order valence-corrected chi connectivity index (χ4v) is 3.26. The van der Waals surface area contributed by atoms with Gasteiger partial charge in [-0.1, -0.05) is 77.5 Å². The Balaban J connectivity index is 2.00. The van der Waals surface area contributed by atoms with Crippen LogP contribution in [0.4, 0.5) is 0 Å². The van der Waals surface area contributed by atoms with Crippen LogP contribution in [0.2, 0.25) is 0 Å². The lowest BCUT2D eigenvalue weighted by Crippen LogP contribution is -1.84. The van der Waals surface area contributed by atoms with Crippen molar-refractivity contribution in [1.29, 1.82) is 0 Å². The molecule has 3 rings (SSSR count). The van der Waals surface area contributed by atoms with E-state index < -0.39 is 0 Å². The van der Waals surface area contributed by atoms with Crippen LogP contribution in [-0.4, -0.2) is 0 Å². The number of benzene rings is 3. The molecule has 0 saturated carbocycles. The maximum atomic E-state index is 2.27. The molecule has 0 heterocycles. The lowest BCUT2D eigenvalue weighted by molar-refractivity contribution is 1.34. The summed E-state index contributed by atoms with van der Waals surface area (Å²) in [5.74, 6) is 0. The summed E-state index contributed by atoms with van der Waals surface area (Å²) in [5.41, 5.74) is 5.17. The first kappa shape index (κ1) is 14.0. The Hall–Kier alpha value is -1.99. The summed E-state index contributed by atoms with van der Waals surface area (Å²) in [6, 6.07) is 26.0. The molecule has 0 N–H and O–H groups in total. The molecule has 0 aliphatic carbocycles. The summed E-state index contributed by atoms with van der Waals surface area (Å²) in [5, 5.41) is 0. The van der Waals surface area contributed by atoms with Gasteiger partial charge in [0.1, 0.15) is 0 Å². The van der Waals surface area contributed by atoms with Crippen LogP contribution in [0.25, 0.3) is 11.1 Å². The Morgan fingerprint density at radius 2 is 1.33 bits per heavy atom. The second kappa shape index (κ2) is 6.19. The number of rotatable bonds is 3. The maximum Gasteiger partial charge on any atom is 0.0201 e. The van der Waals surface area contributed by atoms with Crippen molar-refractivity contribution in [2.45, 2.75) is 23.6 Å². The monoisotopic (exact) mass is 290 g/mol. The molecule has 0 nitrogen and oxygen atoms in total. The average Bonchev–Trinajstić information content (AvgIpc) is 2.52. The minimum absolute atomic E-state index is 1.27. The van der Waals surface area contributed by atoms with Gasteiger partial charge in [0.25, 0.3) is 0 Å². The van der Waals surface area contributed by atoms with Crippen molar-refractivity contribution >= 4 is 11.8 Å². The Labute approximate surface area is 130 Å². The molecule has 0 aliphatic heterocycles. The topological polar surface area (TPSA) is 0 Å². The fourth-order valence-electron chi connectivity index (χ4n) is 2.31. The molecule has 0 bridgehead atoms. The fraction of sp³-hybridized carbons (Fsp3) is 0.100. The number of aryl methyl sites for hydroxylation is 2. The van der Waals surface area contributed by atoms with Gasteiger partial charge in [0.2, 0.25) is 0 Å². The first-order valence-electron chi connectivity index (χ1n) is 7.13. The molecular formula is C20H18S. The smallest absolute Gasteiger partial charge is 0.0201 e. The summed E-state index contributed by atoms with van der Waals surface area (Å²) in [4.78, 5) is 2.58. The molecule has 0 spiro atoms. The van der Waals surface area contributed by atoms with Gasteiger partial charge < -0.3 is 0 Å². The third-order valence-electron chi connectivity index (χ3n) is 3.47. The zero-order chi connectivity index (χ0) is 14.7. The van der Waals surface area contributed by atoms with Gasteiger partial charge in [0.05, 0.1) is 0 Å². The molecule has 104 valence electrons. The highest BCUT2D eigenvalue weighted by molar-refractivity contribution is 7.99. The lowest BCUT2D eigenvalue weighted by Gasteiger charge is -2.11. The van der Waals surface area contributed by atoms with Crippen molar-refractivity contribution < 1.29 is 0 Å². The number of hydrogen-bond donors (Lipinski definition) is 0. The van der Waals surface area contributed by atoms with Gasteiger partial charge >= 0.3 is 0 Å². The van der Waals surface area contributed by atoms with Crippen molar-refractivity contribution in [2.24, 2.45) is 0 Å². The molecule has 0 aromatic heterocycles. The molecule has 3 aromatic rings. The van der Waals surface area contributed by atoms with E-state index >= 15 is 0 Å². The van der Waals surface area contributed by atoms with Gasteiger partial charge in [-0.05, 0) is 43.2 Å². The van der Waals surface area contributed by atoms with E-state index in [1.807, 2.05) is 11.8 Å². The van der Waals surface area contributed by atoms with Gasteiger partial charge in [-0.25, -0.2) is 0 Å². The predicted octanol–water partition coefficient (Wildman–Crippen LogP) is 6.12. The van der Waals surface area contributed by atoms with Crippen LogP contribution in [-0.2, 0) is 0 Å². The second-order valence-corrected chi connectivity index (χ2v) is 6.40. The number of hydrogen-bond acceptors (Lipinski definition) is 1. The summed E-state index contributed by atoms with van der Waals surface area (Å²) in [7, 11) is 0. The largest absolute Gasteiger partial charge is 0.0895 e. The quantitative estimate of drug-likeness (QED) is 0.560. The van der Waals surface area contributed by atoms with E-state index in [1.54, 1.807) is 0 Å². The molecular weight excluding hydrogens is 272 g/mol. The zero-order valence-electron chi connectivity index (χ0n) is 12.3. The van der Waals surface area contributed by atoms with Gasteiger partial charge in [0, 0.05) is 9.79 Å². The van der Waals surface area contributed by atoms with E-state index in [2.05, 4.69) is 86.6 Å². The summed E-state index contributed by atoms with van der Waals surface area (Å²) >= 11 is 1.83. The molecule has 0 radical (unpaired) electrons. The molecule has 0 fully saturated rings. The first-order chi connectivity index (χ1) is 10.2. The summed E-state index contributed by atoms with van der Waals surface area (Å²) < 4.78 is 0. The minimum Gasteiger partial charge on any atom is -0.0895 e. The van der Waals surface area contributed by atoms with Gasteiger partial charge in [-0.2, -0.15) is 0 Å². The summed E-state index contributed by atoms with van der Waals surface area (Å²) in [6.45, 7) is 4.27. The van der Waals surface area contributed by atoms with Crippen molar-refractivity contribution in [3.05, 3.63) is 83.9 Å². The highest BCUT2D eigenvalue weighted by Crippen LogP contribution is 2.36. The Bertz CT molecular complexity index is 728. The Morgan fingerprint density at radius 3 is 2.05 bits per heavy atom. The maximum absolute atomic E-state index is 2.27. The van der Waals surface area contributed by atoms with E-state index in [1.165, 1.54) is 32.0 Å². The lowest BCUT2D eigenvalue weighted by atomic mass is 10.0. The van der Waals surface area contributed by atoms with Gasteiger partial charge in [0.15, 0.2) is 0 Å². The molecule has 0 saturated heterocycles. The SMILES string of the molecule is Cc1ccc(Sc2ccc(C)cc2-c2ccccc2)cc1. The predicted molar refractivity (Wildman–Crippen MR) is 91.9 cm³/mol. The van der Waals surface area contributed by atoms with Crippen LogP contribution >= 0.6 is 11.8 Å². The van der Waals surface area contributed by atoms with Crippen LogP contribution in [0.15, 0.2) is 82.6 Å². The molecule has 0 amide bonds. The van der Waals surface area contributed by atoms with Gasteiger partial charge in [-0.3, -0.25) is 0 Å². The van der Waals surface area contributed by atoms with Gasteiger partial charge in [-0.15, -0.1) is 0 Å². The zero-order valence-corrected chi connectivity index (χ0v) is 13.2. The molecule has 1 heteroatoms. The molecule has 0 unspecified atom stereocenters.